The number of benzene rings is 7. The number of fused-ring (bicyclic) bond motifs is 1. The second-order valence-corrected chi connectivity index (χ2v) is 13.9. The van der Waals surface area contributed by atoms with E-state index in [1.807, 2.05) is 78.9 Å². The molecular weight excluding hydrogens is 665 g/mol. The van der Waals surface area contributed by atoms with E-state index in [0.29, 0.717) is 11.1 Å². The lowest BCUT2D eigenvalue weighted by Crippen LogP contribution is -2.47. The van der Waals surface area contributed by atoms with Crippen LogP contribution in [0.1, 0.15) is 61.7 Å². The lowest BCUT2D eigenvalue weighted by molar-refractivity contribution is -0.0530. The Balaban J connectivity index is 1.46. The third kappa shape index (κ3) is 6.63. The van der Waals surface area contributed by atoms with Gasteiger partial charge in [-0.15, -0.1) is 0 Å². The Kier molecular flexibility index (Phi) is 9.74. The van der Waals surface area contributed by atoms with Crippen LogP contribution in [0.2, 0.25) is 0 Å². The summed E-state index contributed by atoms with van der Waals surface area (Å²) in [6, 6.07) is 59.8. The summed E-state index contributed by atoms with van der Waals surface area (Å²) < 4.78 is 13.4. The SMILES string of the molecule is Cc1cccc(-c2ccccc2)c1C1c2c(-c3ccccc3)ccc(-c3ccccc3)c2C(C)C(OC(=O)c2ccccc2)C1OC(=O)c1ccccc1. The summed E-state index contributed by atoms with van der Waals surface area (Å²) in [7, 11) is 0. The molecule has 4 atom stereocenters. The van der Waals surface area contributed by atoms with Crippen molar-refractivity contribution in [3.8, 4) is 33.4 Å². The quantitative estimate of drug-likeness (QED) is 0.148. The second kappa shape index (κ2) is 15.2. The normalized spacial score (nSPS) is 17.6. The van der Waals surface area contributed by atoms with Gasteiger partial charge in [-0.05, 0) is 86.8 Å². The van der Waals surface area contributed by atoms with Crippen molar-refractivity contribution in [3.63, 3.8) is 0 Å². The highest BCUT2D eigenvalue weighted by molar-refractivity contribution is 5.91. The molecule has 54 heavy (non-hydrogen) atoms. The zero-order chi connectivity index (χ0) is 37.0. The highest BCUT2D eigenvalue weighted by atomic mass is 16.6. The van der Waals surface area contributed by atoms with E-state index >= 15 is 0 Å². The molecule has 0 bridgehead atoms. The summed E-state index contributed by atoms with van der Waals surface area (Å²) in [6.45, 7) is 4.21. The van der Waals surface area contributed by atoms with Gasteiger partial charge in [0.25, 0.3) is 0 Å². The fourth-order valence-corrected chi connectivity index (χ4v) is 8.11. The van der Waals surface area contributed by atoms with Gasteiger partial charge in [-0.2, -0.15) is 0 Å². The number of hydrogen-bond acceptors (Lipinski definition) is 4. The molecule has 0 saturated heterocycles. The Morgan fingerprint density at radius 1 is 0.407 bits per heavy atom. The molecule has 0 spiro atoms. The van der Waals surface area contributed by atoms with Crippen LogP contribution in [0, 0.1) is 6.92 Å². The van der Waals surface area contributed by atoms with E-state index in [4.69, 9.17) is 9.47 Å². The predicted octanol–water partition coefficient (Wildman–Crippen LogP) is 11.7. The van der Waals surface area contributed by atoms with E-state index in [1.165, 1.54) is 0 Å². The van der Waals surface area contributed by atoms with Crippen LogP contribution in [0.15, 0.2) is 182 Å². The Labute approximate surface area is 316 Å². The van der Waals surface area contributed by atoms with Crippen molar-refractivity contribution in [1.29, 1.82) is 0 Å². The molecule has 0 fully saturated rings. The van der Waals surface area contributed by atoms with E-state index in [2.05, 4.69) is 92.7 Å². The molecule has 0 heterocycles. The zero-order valence-corrected chi connectivity index (χ0v) is 30.3. The predicted molar refractivity (Wildman–Crippen MR) is 215 cm³/mol. The van der Waals surface area contributed by atoms with Gasteiger partial charge in [0.2, 0.25) is 0 Å². The standard InChI is InChI=1S/C50H40O4/c1-33-19-18-30-40(35-20-8-3-9-21-35)43(33)46-45-42(37-24-12-5-13-25-37)32-31-41(36-22-10-4-11-23-36)44(45)34(2)47(53-49(51)38-26-14-6-15-27-38)48(46)54-50(52)39-28-16-7-17-29-39/h3-32,34,46-48H,1-2H3. The van der Waals surface area contributed by atoms with Crippen molar-refractivity contribution in [2.75, 3.05) is 0 Å². The van der Waals surface area contributed by atoms with E-state index in [1.54, 1.807) is 24.3 Å². The molecule has 4 nitrogen and oxygen atoms in total. The number of carbonyl (C=O) groups excluding carboxylic acids is 2. The first-order valence-corrected chi connectivity index (χ1v) is 18.4. The van der Waals surface area contributed by atoms with Crippen molar-refractivity contribution in [3.05, 3.63) is 215 Å². The minimum absolute atomic E-state index is 0.374. The molecule has 0 radical (unpaired) electrons. The van der Waals surface area contributed by atoms with Gasteiger partial charge in [0.15, 0.2) is 6.10 Å². The van der Waals surface area contributed by atoms with E-state index in [9.17, 15) is 9.59 Å². The largest absolute Gasteiger partial charge is 0.454 e. The van der Waals surface area contributed by atoms with Crippen molar-refractivity contribution in [1.82, 2.24) is 0 Å². The molecule has 0 aliphatic heterocycles. The smallest absolute Gasteiger partial charge is 0.338 e. The maximum atomic E-state index is 14.3. The summed E-state index contributed by atoms with van der Waals surface area (Å²) in [5.74, 6) is -1.85. The number of hydrogen-bond donors (Lipinski definition) is 0. The van der Waals surface area contributed by atoms with Gasteiger partial charge in [0, 0.05) is 5.92 Å². The topological polar surface area (TPSA) is 52.6 Å². The van der Waals surface area contributed by atoms with Crippen LogP contribution in [0.25, 0.3) is 33.4 Å². The van der Waals surface area contributed by atoms with Gasteiger partial charge in [-0.3, -0.25) is 0 Å². The zero-order valence-electron chi connectivity index (χ0n) is 30.3. The Morgan fingerprint density at radius 2 is 0.796 bits per heavy atom. The van der Waals surface area contributed by atoms with Crippen LogP contribution in [0.4, 0.5) is 0 Å². The molecule has 4 unspecified atom stereocenters. The summed E-state index contributed by atoms with van der Waals surface area (Å²) in [5.41, 5.74) is 11.3. The number of aryl methyl sites for hydroxylation is 1. The average Bonchev–Trinajstić information content (AvgIpc) is 3.23. The summed E-state index contributed by atoms with van der Waals surface area (Å²) in [5, 5.41) is 0. The van der Waals surface area contributed by atoms with Crippen molar-refractivity contribution >= 4 is 11.9 Å². The molecule has 1 aliphatic rings. The molecule has 7 aromatic carbocycles. The highest BCUT2D eigenvalue weighted by Crippen LogP contribution is 2.54. The van der Waals surface area contributed by atoms with Crippen LogP contribution in [0.5, 0.6) is 0 Å². The van der Waals surface area contributed by atoms with Gasteiger partial charge >= 0.3 is 11.9 Å². The molecule has 4 heteroatoms. The van der Waals surface area contributed by atoms with Crippen molar-refractivity contribution < 1.29 is 19.1 Å². The average molecular weight is 705 g/mol. The van der Waals surface area contributed by atoms with Gasteiger partial charge in [0.05, 0.1) is 17.0 Å². The first-order valence-electron chi connectivity index (χ1n) is 18.4. The molecule has 8 rings (SSSR count). The first kappa shape index (κ1) is 34.6. The molecule has 0 aromatic heterocycles. The minimum atomic E-state index is -0.898. The van der Waals surface area contributed by atoms with Crippen molar-refractivity contribution in [2.24, 2.45) is 0 Å². The van der Waals surface area contributed by atoms with Crippen LogP contribution < -0.4 is 0 Å². The van der Waals surface area contributed by atoms with Crippen LogP contribution in [-0.4, -0.2) is 24.1 Å². The van der Waals surface area contributed by atoms with E-state index < -0.39 is 30.1 Å². The van der Waals surface area contributed by atoms with Gasteiger partial charge in [-0.1, -0.05) is 165 Å². The molecule has 0 N–H and O–H groups in total. The van der Waals surface area contributed by atoms with Gasteiger partial charge in [-0.25, -0.2) is 9.59 Å². The molecule has 264 valence electrons. The fraction of sp³-hybridized carbons (Fsp3) is 0.120. The maximum absolute atomic E-state index is 14.3. The molecule has 0 saturated carbocycles. The monoisotopic (exact) mass is 704 g/mol. The Morgan fingerprint density at radius 3 is 1.26 bits per heavy atom. The lowest BCUT2D eigenvalue weighted by atomic mass is 9.65. The number of esters is 2. The summed E-state index contributed by atoms with van der Waals surface area (Å²) in [4.78, 5) is 28.5. The van der Waals surface area contributed by atoms with Crippen molar-refractivity contribution in [2.45, 2.75) is 37.9 Å². The Bertz CT molecular complexity index is 2390. The van der Waals surface area contributed by atoms with Gasteiger partial charge < -0.3 is 9.47 Å². The molecule has 0 amide bonds. The molecule has 7 aromatic rings. The van der Waals surface area contributed by atoms with Crippen LogP contribution in [0.3, 0.4) is 0 Å². The lowest BCUT2D eigenvalue weighted by Gasteiger charge is -2.45. The van der Waals surface area contributed by atoms with Crippen LogP contribution >= 0.6 is 0 Å². The summed E-state index contributed by atoms with van der Waals surface area (Å²) >= 11 is 0. The molecule has 1 aliphatic carbocycles. The van der Waals surface area contributed by atoms with Crippen LogP contribution in [-0.2, 0) is 9.47 Å². The van der Waals surface area contributed by atoms with Gasteiger partial charge in [0.1, 0.15) is 6.10 Å². The second-order valence-electron chi connectivity index (χ2n) is 13.9. The third-order valence-corrected chi connectivity index (χ3v) is 10.6. The third-order valence-electron chi connectivity index (χ3n) is 10.6. The molecular formula is C50H40O4. The number of carbonyl (C=O) groups is 2. The Hall–Kier alpha value is -6.52. The maximum Gasteiger partial charge on any atom is 0.338 e. The fourth-order valence-electron chi connectivity index (χ4n) is 8.11. The number of rotatable bonds is 8. The first-order chi connectivity index (χ1) is 26.5. The minimum Gasteiger partial charge on any atom is -0.454 e. The van der Waals surface area contributed by atoms with E-state index in [-0.39, 0.29) is 5.92 Å². The summed E-state index contributed by atoms with van der Waals surface area (Å²) in [6.07, 6.45) is -1.75. The highest BCUT2D eigenvalue weighted by Gasteiger charge is 2.49. The number of ether oxygens (including phenoxy) is 2. The van der Waals surface area contributed by atoms with E-state index in [0.717, 1.165) is 55.6 Å².